The van der Waals surface area contributed by atoms with Gasteiger partial charge in [-0.1, -0.05) is 11.8 Å². The molecule has 2 atom stereocenters. The summed E-state index contributed by atoms with van der Waals surface area (Å²) in [6.07, 6.45) is -11.6. The number of thioether (sulfide) groups is 1. The lowest BCUT2D eigenvalue weighted by Gasteiger charge is -2.21. The highest BCUT2D eigenvalue weighted by Gasteiger charge is 2.47. The van der Waals surface area contributed by atoms with Gasteiger partial charge in [0.15, 0.2) is 5.12 Å². The SMILES string of the molecule is CC(=O)SCCC(F)CC(F)(F)C(F)C(F)F. The van der Waals surface area contributed by atoms with E-state index in [2.05, 4.69) is 0 Å². The summed E-state index contributed by atoms with van der Waals surface area (Å²) in [5.74, 6) is -4.44. The molecule has 0 aromatic rings. The third kappa shape index (κ3) is 6.80. The molecule has 0 heterocycles. The summed E-state index contributed by atoms with van der Waals surface area (Å²) in [6, 6.07) is 0. The maximum absolute atomic E-state index is 13.0. The van der Waals surface area contributed by atoms with Crippen LogP contribution in [0.3, 0.4) is 0 Å². The summed E-state index contributed by atoms with van der Waals surface area (Å²) in [4.78, 5) is 10.4. The second-order valence-electron chi connectivity index (χ2n) is 3.43. The minimum atomic E-state index is -4.39. The van der Waals surface area contributed by atoms with Crippen LogP contribution in [0, 0.1) is 0 Å². The minimum absolute atomic E-state index is 0.0434. The second-order valence-corrected chi connectivity index (χ2v) is 4.70. The van der Waals surface area contributed by atoms with E-state index in [-0.39, 0.29) is 10.9 Å². The fourth-order valence-corrected chi connectivity index (χ4v) is 1.69. The van der Waals surface area contributed by atoms with E-state index in [1.807, 2.05) is 0 Å². The highest BCUT2D eigenvalue weighted by molar-refractivity contribution is 8.13. The van der Waals surface area contributed by atoms with Crippen molar-refractivity contribution in [3.05, 3.63) is 0 Å². The number of rotatable bonds is 7. The minimum Gasteiger partial charge on any atom is -0.288 e. The Morgan fingerprint density at radius 2 is 1.76 bits per heavy atom. The zero-order valence-electron chi connectivity index (χ0n) is 8.94. The summed E-state index contributed by atoms with van der Waals surface area (Å²) in [5.41, 5.74) is 0. The first-order chi connectivity index (χ1) is 7.66. The number of halogens is 6. The lowest BCUT2D eigenvalue weighted by molar-refractivity contribution is -0.139. The van der Waals surface area contributed by atoms with Gasteiger partial charge in [-0.2, -0.15) is 0 Å². The molecule has 17 heavy (non-hydrogen) atoms. The van der Waals surface area contributed by atoms with Gasteiger partial charge in [0, 0.05) is 19.1 Å². The standard InChI is InChI=1S/C9H12F6OS/c1-5(16)17-3-2-6(10)4-9(14,15)7(11)8(12)13/h6-8H,2-4H2,1H3. The molecule has 0 N–H and O–H groups in total. The first-order valence-electron chi connectivity index (χ1n) is 4.74. The molecule has 102 valence electrons. The van der Waals surface area contributed by atoms with Gasteiger partial charge in [0.05, 0.1) is 0 Å². The highest BCUT2D eigenvalue weighted by atomic mass is 32.2. The number of carbonyl (C=O) groups excluding carboxylic acids is 1. The van der Waals surface area contributed by atoms with E-state index >= 15 is 0 Å². The number of hydrogen-bond donors (Lipinski definition) is 0. The maximum Gasteiger partial charge on any atom is 0.287 e. The third-order valence-electron chi connectivity index (χ3n) is 1.85. The Balaban J connectivity index is 4.08. The van der Waals surface area contributed by atoms with Crippen molar-refractivity contribution >= 4 is 16.9 Å². The fourth-order valence-electron chi connectivity index (χ4n) is 1.02. The molecule has 2 unspecified atom stereocenters. The Labute approximate surface area is 98.9 Å². The van der Waals surface area contributed by atoms with Gasteiger partial charge in [0.1, 0.15) is 6.17 Å². The topological polar surface area (TPSA) is 17.1 Å². The lowest BCUT2D eigenvalue weighted by atomic mass is 10.1. The summed E-state index contributed by atoms with van der Waals surface area (Å²) < 4.78 is 74.2. The van der Waals surface area contributed by atoms with Gasteiger partial charge >= 0.3 is 0 Å². The second kappa shape index (κ2) is 7.13. The van der Waals surface area contributed by atoms with Gasteiger partial charge in [-0.3, -0.25) is 4.79 Å². The molecule has 0 rings (SSSR count). The van der Waals surface area contributed by atoms with Crippen LogP contribution in [0.15, 0.2) is 0 Å². The van der Waals surface area contributed by atoms with Gasteiger partial charge in [-0.15, -0.1) is 0 Å². The fraction of sp³-hybridized carbons (Fsp3) is 0.889. The average Bonchev–Trinajstić information content (AvgIpc) is 2.14. The Kier molecular flexibility index (Phi) is 6.96. The Morgan fingerprint density at radius 1 is 1.24 bits per heavy atom. The van der Waals surface area contributed by atoms with Crippen LogP contribution in [0.5, 0.6) is 0 Å². The highest BCUT2D eigenvalue weighted by Crippen LogP contribution is 2.32. The molecule has 0 amide bonds. The molecule has 0 bridgehead atoms. The molecule has 8 heteroatoms. The molecule has 0 aliphatic rings. The van der Waals surface area contributed by atoms with E-state index in [1.54, 1.807) is 0 Å². The van der Waals surface area contributed by atoms with Crippen molar-refractivity contribution < 1.29 is 31.1 Å². The quantitative estimate of drug-likeness (QED) is 0.663. The first-order valence-corrected chi connectivity index (χ1v) is 5.73. The number of carbonyl (C=O) groups is 1. The monoisotopic (exact) mass is 282 g/mol. The first kappa shape index (κ1) is 16.6. The Hall–Kier alpha value is -0.400. The van der Waals surface area contributed by atoms with Gasteiger partial charge in [0.25, 0.3) is 12.3 Å². The molecule has 0 aliphatic carbocycles. The largest absolute Gasteiger partial charge is 0.288 e. The Bertz CT molecular complexity index is 248. The zero-order valence-corrected chi connectivity index (χ0v) is 9.75. The van der Waals surface area contributed by atoms with Crippen LogP contribution < -0.4 is 0 Å². The third-order valence-corrected chi connectivity index (χ3v) is 2.70. The molecule has 0 aromatic heterocycles. The van der Waals surface area contributed by atoms with Gasteiger partial charge < -0.3 is 0 Å². The van der Waals surface area contributed by atoms with Crippen molar-refractivity contribution in [1.29, 1.82) is 0 Å². The molecule has 0 fully saturated rings. The van der Waals surface area contributed by atoms with Crippen LogP contribution in [0.4, 0.5) is 26.3 Å². The van der Waals surface area contributed by atoms with Crippen LogP contribution in [0.2, 0.25) is 0 Å². The van der Waals surface area contributed by atoms with Crippen LogP contribution in [0.25, 0.3) is 0 Å². The normalized spacial score (nSPS) is 16.0. The van der Waals surface area contributed by atoms with Gasteiger partial charge in [0.2, 0.25) is 6.17 Å². The average molecular weight is 282 g/mol. The summed E-state index contributed by atoms with van der Waals surface area (Å²) in [6.45, 7) is 1.22. The van der Waals surface area contributed by atoms with Crippen molar-refractivity contribution in [3.63, 3.8) is 0 Å². The van der Waals surface area contributed by atoms with Crippen LogP contribution >= 0.6 is 11.8 Å². The predicted molar refractivity (Wildman–Crippen MR) is 53.1 cm³/mol. The predicted octanol–water partition coefficient (Wildman–Crippen LogP) is 3.62. The summed E-state index contributed by atoms with van der Waals surface area (Å²) >= 11 is 0.735. The Morgan fingerprint density at radius 3 is 2.18 bits per heavy atom. The molecule has 0 radical (unpaired) electrons. The molecular weight excluding hydrogens is 270 g/mol. The molecular formula is C9H12F6OS. The lowest BCUT2D eigenvalue weighted by Crippen LogP contribution is -2.38. The van der Waals surface area contributed by atoms with E-state index < -0.39 is 37.5 Å². The van der Waals surface area contributed by atoms with E-state index in [1.165, 1.54) is 6.92 Å². The van der Waals surface area contributed by atoms with Crippen molar-refractivity contribution in [2.24, 2.45) is 0 Å². The maximum atomic E-state index is 13.0. The van der Waals surface area contributed by atoms with Gasteiger partial charge in [-0.25, -0.2) is 26.3 Å². The summed E-state index contributed by atoms with van der Waals surface area (Å²) in [7, 11) is 0. The van der Waals surface area contributed by atoms with Crippen molar-refractivity contribution in [2.45, 2.75) is 44.5 Å². The van der Waals surface area contributed by atoms with E-state index in [0.29, 0.717) is 0 Å². The number of alkyl halides is 6. The van der Waals surface area contributed by atoms with Crippen molar-refractivity contribution in [1.82, 2.24) is 0 Å². The van der Waals surface area contributed by atoms with Crippen LogP contribution in [-0.4, -0.2) is 35.6 Å². The van der Waals surface area contributed by atoms with Crippen molar-refractivity contribution in [3.8, 4) is 0 Å². The number of hydrogen-bond acceptors (Lipinski definition) is 2. The van der Waals surface area contributed by atoms with E-state index in [0.717, 1.165) is 11.8 Å². The van der Waals surface area contributed by atoms with Crippen LogP contribution in [-0.2, 0) is 4.79 Å². The summed E-state index contributed by atoms with van der Waals surface area (Å²) in [5, 5.41) is -0.306. The smallest absolute Gasteiger partial charge is 0.287 e. The molecule has 0 saturated carbocycles. The molecule has 0 spiro atoms. The van der Waals surface area contributed by atoms with Crippen molar-refractivity contribution in [2.75, 3.05) is 5.75 Å². The van der Waals surface area contributed by atoms with E-state index in [9.17, 15) is 31.1 Å². The molecule has 0 aromatic carbocycles. The van der Waals surface area contributed by atoms with Crippen LogP contribution in [0.1, 0.15) is 19.8 Å². The van der Waals surface area contributed by atoms with E-state index in [4.69, 9.17) is 0 Å². The molecule has 1 nitrogen and oxygen atoms in total. The zero-order chi connectivity index (χ0) is 13.6. The van der Waals surface area contributed by atoms with Gasteiger partial charge in [-0.05, 0) is 6.42 Å². The molecule has 0 aliphatic heterocycles. The molecule has 0 saturated heterocycles.